The Kier molecular flexibility index (Phi) is 7.46. The maximum atomic E-state index is 13.4. The lowest BCUT2D eigenvalue weighted by Crippen LogP contribution is -2.42. The van der Waals surface area contributed by atoms with Gasteiger partial charge in [-0.1, -0.05) is 13.8 Å². The molecule has 3 aliphatic heterocycles. The Balaban J connectivity index is 1.37. The van der Waals surface area contributed by atoms with E-state index in [4.69, 9.17) is 0 Å². The summed E-state index contributed by atoms with van der Waals surface area (Å²) < 4.78 is 28.0. The zero-order valence-corrected chi connectivity index (χ0v) is 23.5. The van der Waals surface area contributed by atoms with Crippen molar-refractivity contribution in [2.45, 2.75) is 51.0 Å². The number of nitrogens with zero attached hydrogens (tertiary/aromatic N) is 3. The van der Waals surface area contributed by atoms with Crippen molar-refractivity contribution < 1.29 is 18.0 Å². The fourth-order valence-electron chi connectivity index (χ4n) is 5.83. The van der Waals surface area contributed by atoms with Crippen LogP contribution in [0.4, 0.5) is 5.00 Å². The quantitative estimate of drug-likeness (QED) is 0.617. The summed E-state index contributed by atoms with van der Waals surface area (Å²) in [6, 6.07) is 6.14. The summed E-state index contributed by atoms with van der Waals surface area (Å²) in [7, 11) is -1.56. The van der Waals surface area contributed by atoms with Crippen LogP contribution >= 0.6 is 11.3 Å². The number of thiophene rings is 1. The van der Waals surface area contributed by atoms with Gasteiger partial charge >= 0.3 is 0 Å². The van der Waals surface area contributed by atoms with Crippen LogP contribution in [0.15, 0.2) is 29.2 Å². The van der Waals surface area contributed by atoms with Crippen LogP contribution in [-0.2, 0) is 23.0 Å². The molecule has 200 valence electrons. The number of carbonyl (C=O) groups is 2. The van der Waals surface area contributed by atoms with Gasteiger partial charge in [-0.15, -0.1) is 11.3 Å². The van der Waals surface area contributed by atoms with E-state index in [0.717, 1.165) is 62.3 Å². The van der Waals surface area contributed by atoms with Crippen molar-refractivity contribution in [3.63, 3.8) is 0 Å². The number of carbonyl (C=O) groups excluding carboxylic acids is 2. The van der Waals surface area contributed by atoms with E-state index in [2.05, 4.69) is 31.1 Å². The van der Waals surface area contributed by atoms with Crippen LogP contribution in [0.2, 0.25) is 0 Å². The number of likely N-dealkylation sites (tertiary alicyclic amines) is 1. The standard InChI is InChI=1S/C27H36N4O4S2/c1-18-14-19(2)16-31(15-18)37(34,35)21-8-6-20(7-9-21)25(32)28-26-24(27(33)30-11-4-5-12-30)22-10-13-29(3)17-23(22)36-26/h6-9,18-19H,4-5,10-17H2,1-3H3,(H,28,32). The predicted octanol–water partition coefficient (Wildman–Crippen LogP) is 3.89. The predicted molar refractivity (Wildman–Crippen MR) is 146 cm³/mol. The molecular formula is C27H36N4O4S2. The monoisotopic (exact) mass is 544 g/mol. The molecule has 0 spiro atoms. The lowest BCUT2D eigenvalue weighted by Gasteiger charge is -2.34. The molecule has 1 aromatic heterocycles. The van der Waals surface area contributed by atoms with Crippen molar-refractivity contribution in [1.29, 1.82) is 0 Å². The minimum atomic E-state index is -3.62. The molecule has 2 amide bonds. The Labute approximate surface area is 223 Å². The highest BCUT2D eigenvalue weighted by Crippen LogP contribution is 2.38. The molecule has 37 heavy (non-hydrogen) atoms. The first-order chi connectivity index (χ1) is 17.6. The fourth-order valence-corrected chi connectivity index (χ4v) is 8.82. The molecule has 2 atom stereocenters. The topological polar surface area (TPSA) is 90.0 Å². The van der Waals surface area contributed by atoms with Gasteiger partial charge in [-0.3, -0.25) is 9.59 Å². The molecule has 0 saturated carbocycles. The third-order valence-electron chi connectivity index (χ3n) is 7.67. The lowest BCUT2D eigenvalue weighted by atomic mass is 9.94. The number of hydrogen-bond acceptors (Lipinski definition) is 6. The van der Waals surface area contributed by atoms with Crippen molar-refractivity contribution in [1.82, 2.24) is 14.1 Å². The number of amides is 2. The summed E-state index contributed by atoms with van der Waals surface area (Å²) >= 11 is 1.48. The van der Waals surface area contributed by atoms with Gasteiger partial charge in [-0.2, -0.15) is 4.31 Å². The van der Waals surface area contributed by atoms with Gasteiger partial charge in [0, 0.05) is 49.7 Å². The number of hydrogen-bond donors (Lipinski definition) is 1. The second-order valence-electron chi connectivity index (χ2n) is 10.9. The second kappa shape index (κ2) is 10.5. The molecule has 1 N–H and O–H groups in total. The highest BCUT2D eigenvalue weighted by Gasteiger charge is 2.33. The molecule has 0 bridgehead atoms. The first-order valence-corrected chi connectivity index (χ1v) is 15.4. The highest BCUT2D eigenvalue weighted by molar-refractivity contribution is 7.89. The zero-order chi connectivity index (χ0) is 26.3. The van der Waals surface area contributed by atoms with Gasteiger partial charge < -0.3 is 15.1 Å². The van der Waals surface area contributed by atoms with E-state index in [1.54, 1.807) is 16.4 Å². The third kappa shape index (κ3) is 5.34. The van der Waals surface area contributed by atoms with E-state index in [1.165, 1.54) is 23.5 Å². The Morgan fingerprint density at radius 2 is 1.65 bits per heavy atom. The van der Waals surface area contributed by atoms with Gasteiger partial charge in [-0.25, -0.2) is 8.42 Å². The number of rotatable bonds is 5. The smallest absolute Gasteiger partial charge is 0.257 e. The third-order valence-corrected chi connectivity index (χ3v) is 10.6. The number of piperidine rings is 1. The number of fused-ring (bicyclic) bond motifs is 1. The van der Waals surface area contributed by atoms with Gasteiger partial charge in [0.2, 0.25) is 10.0 Å². The molecule has 10 heteroatoms. The lowest BCUT2D eigenvalue weighted by molar-refractivity contribution is 0.0792. The van der Waals surface area contributed by atoms with E-state index in [0.29, 0.717) is 41.1 Å². The van der Waals surface area contributed by atoms with Crippen LogP contribution in [-0.4, -0.2) is 74.1 Å². The van der Waals surface area contributed by atoms with Crippen molar-refractivity contribution >= 4 is 38.2 Å². The van der Waals surface area contributed by atoms with Gasteiger partial charge in [0.05, 0.1) is 10.5 Å². The maximum Gasteiger partial charge on any atom is 0.257 e. The Hall–Kier alpha value is -2.27. The number of likely N-dealkylation sites (N-methyl/N-ethyl adjacent to an activating group) is 1. The minimum Gasteiger partial charge on any atom is -0.339 e. The Morgan fingerprint density at radius 1 is 1.00 bits per heavy atom. The van der Waals surface area contributed by atoms with Crippen LogP contribution in [0.1, 0.15) is 64.3 Å². The first kappa shape index (κ1) is 26.3. The van der Waals surface area contributed by atoms with Gasteiger partial charge in [-0.05, 0) is 74.4 Å². The number of nitrogens with one attached hydrogen (secondary N) is 1. The van der Waals surface area contributed by atoms with Crippen molar-refractivity contribution in [2.24, 2.45) is 11.8 Å². The molecular weight excluding hydrogens is 508 g/mol. The summed E-state index contributed by atoms with van der Waals surface area (Å²) in [6.45, 7) is 8.33. The number of anilines is 1. The van der Waals surface area contributed by atoms with Crippen molar-refractivity contribution in [2.75, 3.05) is 45.1 Å². The Bertz CT molecular complexity index is 1270. The summed E-state index contributed by atoms with van der Waals surface area (Å²) in [5.41, 5.74) is 2.06. The molecule has 8 nitrogen and oxygen atoms in total. The molecule has 2 unspecified atom stereocenters. The molecule has 5 rings (SSSR count). The molecule has 3 aliphatic rings. The van der Waals surface area contributed by atoms with Crippen molar-refractivity contribution in [3.05, 3.63) is 45.8 Å². The number of sulfonamides is 1. The second-order valence-corrected chi connectivity index (χ2v) is 14.0. The van der Waals surface area contributed by atoms with Gasteiger partial charge in [0.25, 0.3) is 11.8 Å². The van der Waals surface area contributed by atoms with Gasteiger partial charge in [0.1, 0.15) is 5.00 Å². The molecule has 2 saturated heterocycles. The molecule has 2 aromatic rings. The molecule has 0 radical (unpaired) electrons. The largest absolute Gasteiger partial charge is 0.339 e. The average Bonchev–Trinajstić information content (AvgIpc) is 3.51. The van der Waals surface area contributed by atoms with Crippen LogP contribution in [0.3, 0.4) is 0 Å². The fraction of sp³-hybridized carbons (Fsp3) is 0.556. The van der Waals surface area contributed by atoms with E-state index >= 15 is 0 Å². The summed E-state index contributed by atoms with van der Waals surface area (Å²) in [4.78, 5) is 32.1. The summed E-state index contributed by atoms with van der Waals surface area (Å²) in [6.07, 6.45) is 3.82. The van der Waals surface area contributed by atoms with Crippen LogP contribution < -0.4 is 5.32 Å². The van der Waals surface area contributed by atoms with Crippen LogP contribution in [0, 0.1) is 11.8 Å². The van der Waals surface area contributed by atoms with Crippen LogP contribution in [0.5, 0.6) is 0 Å². The van der Waals surface area contributed by atoms with E-state index < -0.39 is 10.0 Å². The van der Waals surface area contributed by atoms with Crippen LogP contribution in [0.25, 0.3) is 0 Å². The van der Waals surface area contributed by atoms with Gasteiger partial charge in [0.15, 0.2) is 0 Å². The summed E-state index contributed by atoms with van der Waals surface area (Å²) in [5.74, 6) is 0.294. The summed E-state index contributed by atoms with van der Waals surface area (Å²) in [5, 5.41) is 3.58. The Morgan fingerprint density at radius 3 is 2.30 bits per heavy atom. The molecule has 0 aliphatic carbocycles. The zero-order valence-electron chi connectivity index (χ0n) is 21.8. The molecule has 1 aromatic carbocycles. The molecule has 2 fully saturated rings. The maximum absolute atomic E-state index is 13.4. The van der Waals surface area contributed by atoms with E-state index in [1.807, 2.05) is 4.90 Å². The number of benzene rings is 1. The first-order valence-electron chi connectivity index (χ1n) is 13.2. The minimum absolute atomic E-state index is 0.00119. The van der Waals surface area contributed by atoms with E-state index in [9.17, 15) is 18.0 Å². The molecule has 4 heterocycles. The average molecular weight is 545 g/mol. The highest BCUT2D eigenvalue weighted by atomic mass is 32.2. The normalized spacial score (nSPS) is 23.2. The van der Waals surface area contributed by atoms with Crippen molar-refractivity contribution in [3.8, 4) is 0 Å². The SMILES string of the molecule is CC1CC(C)CN(S(=O)(=O)c2ccc(C(=O)Nc3sc4c(c3C(=O)N3CCCC3)CCN(C)C4)cc2)C1. The van der Waals surface area contributed by atoms with E-state index in [-0.39, 0.29) is 16.7 Å².